The summed E-state index contributed by atoms with van der Waals surface area (Å²) >= 11 is 3.29. The van der Waals surface area contributed by atoms with Gasteiger partial charge in [-0.2, -0.15) is 0 Å². The van der Waals surface area contributed by atoms with Crippen molar-refractivity contribution in [3.63, 3.8) is 0 Å². The zero-order valence-electron chi connectivity index (χ0n) is 12.4. The fourth-order valence-corrected chi connectivity index (χ4v) is 2.14. The molecule has 0 radical (unpaired) electrons. The number of carbonyl (C=O) groups excluding carboxylic acids is 2. The fraction of sp³-hybridized carbons (Fsp3) is 0.385. The van der Waals surface area contributed by atoms with Crippen LogP contribution >= 0.6 is 24.2 Å². The molecule has 0 bridgehead atoms. The number of urea groups is 1. The Bertz CT molecular complexity index is 555. The maximum Gasteiger partial charge on any atom is 0.696 e. The molecule has 3 amide bonds. The highest BCUT2D eigenvalue weighted by atomic mass is 79.9. The Hall–Kier alpha value is -1.54. The molecule has 4 N–H and O–H groups in total. The van der Waals surface area contributed by atoms with Crippen LogP contribution in [0.5, 0.6) is 0 Å². The summed E-state index contributed by atoms with van der Waals surface area (Å²) in [6.45, 7) is 1.47. The summed E-state index contributed by atoms with van der Waals surface area (Å²) in [5.41, 5.74) is 0.585. The average Bonchev–Trinajstić information content (AvgIpc) is 2.48. The summed E-state index contributed by atoms with van der Waals surface area (Å²) in [5, 5.41) is 7.49. The van der Waals surface area contributed by atoms with E-state index in [9.17, 15) is 14.2 Å². The Kier molecular flexibility index (Phi) is 8.71. The summed E-state index contributed by atoms with van der Waals surface area (Å²) < 4.78 is 15.6. The van der Waals surface area contributed by atoms with Gasteiger partial charge in [0.15, 0.2) is 6.73 Å². The molecule has 1 aromatic rings. The zero-order valence-corrected chi connectivity index (χ0v) is 14.9. The predicted octanol–water partition coefficient (Wildman–Crippen LogP) is 2.48. The van der Waals surface area contributed by atoms with Crippen molar-refractivity contribution in [2.24, 2.45) is 0 Å². The lowest BCUT2D eigenvalue weighted by atomic mass is 10.1. The van der Waals surface area contributed by atoms with Crippen molar-refractivity contribution in [3.05, 3.63) is 28.7 Å². The molecule has 0 aliphatic carbocycles. The molecule has 1 unspecified atom stereocenters. The standard InChI is InChI=1S/C13H17BrN3O5P/c1-2-3-11(12(18)15-8-22-23(20)21)17-13(19)16-10-6-4-9(14)5-7-10/h4-7,11H,2-3,8H2,1H3,(H3-,15,16,17,18,19,20,21)/p+1/t11-/m0/s1. The number of benzene rings is 1. The van der Waals surface area contributed by atoms with E-state index in [0.717, 1.165) is 4.47 Å². The SMILES string of the molecule is CCC[C@H](NC(=O)Nc1ccc(Br)cc1)C(=O)NCO[P+](=O)O. The van der Waals surface area contributed by atoms with Crippen LogP contribution in [0.1, 0.15) is 19.8 Å². The molecule has 0 saturated heterocycles. The normalized spacial score (nSPS) is 12.2. The number of rotatable bonds is 8. The van der Waals surface area contributed by atoms with Crippen molar-refractivity contribution in [2.75, 3.05) is 12.0 Å². The highest BCUT2D eigenvalue weighted by Crippen LogP contribution is 2.14. The van der Waals surface area contributed by atoms with E-state index >= 15 is 0 Å². The number of amides is 3. The van der Waals surface area contributed by atoms with Crippen LogP contribution in [-0.2, 0) is 13.9 Å². The highest BCUT2D eigenvalue weighted by Gasteiger charge is 2.21. The molecule has 1 aromatic carbocycles. The predicted molar refractivity (Wildman–Crippen MR) is 88.9 cm³/mol. The Balaban J connectivity index is 2.52. The molecule has 0 saturated carbocycles. The van der Waals surface area contributed by atoms with Gasteiger partial charge in [0.2, 0.25) is 5.91 Å². The minimum atomic E-state index is -2.78. The molecule has 10 heteroatoms. The second-order valence-corrected chi connectivity index (χ2v) is 6.15. The third-order valence-electron chi connectivity index (χ3n) is 2.72. The van der Waals surface area contributed by atoms with Crippen LogP contribution in [0.25, 0.3) is 0 Å². The first-order valence-electron chi connectivity index (χ1n) is 6.82. The topological polar surface area (TPSA) is 117 Å². The quantitative estimate of drug-likeness (QED) is 0.390. The molecule has 0 aliphatic rings. The zero-order chi connectivity index (χ0) is 17.2. The van der Waals surface area contributed by atoms with Crippen LogP contribution in [0.15, 0.2) is 28.7 Å². The van der Waals surface area contributed by atoms with Crippen LogP contribution in [0.2, 0.25) is 0 Å². The second-order valence-electron chi connectivity index (χ2n) is 4.50. The third-order valence-corrected chi connectivity index (χ3v) is 3.60. The van der Waals surface area contributed by atoms with Gasteiger partial charge in [0, 0.05) is 14.7 Å². The van der Waals surface area contributed by atoms with E-state index in [1.165, 1.54) is 0 Å². The lowest BCUT2D eigenvalue weighted by Gasteiger charge is -2.17. The highest BCUT2D eigenvalue weighted by molar-refractivity contribution is 9.10. The number of hydrogen-bond donors (Lipinski definition) is 4. The van der Waals surface area contributed by atoms with Gasteiger partial charge in [-0.05, 0) is 30.7 Å². The molecule has 126 valence electrons. The van der Waals surface area contributed by atoms with Gasteiger partial charge in [-0.1, -0.05) is 33.8 Å². The fourth-order valence-electron chi connectivity index (χ4n) is 1.70. The van der Waals surface area contributed by atoms with E-state index in [1.807, 2.05) is 6.92 Å². The van der Waals surface area contributed by atoms with E-state index in [4.69, 9.17) is 4.89 Å². The molecule has 8 nitrogen and oxygen atoms in total. The minimum Gasteiger partial charge on any atom is -0.327 e. The van der Waals surface area contributed by atoms with Crippen LogP contribution in [0.4, 0.5) is 10.5 Å². The Morgan fingerprint density at radius 3 is 2.57 bits per heavy atom. The van der Waals surface area contributed by atoms with Gasteiger partial charge < -0.3 is 16.0 Å². The van der Waals surface area contributed by atoms with Crippen molar-refractivity contribution in [1.29, 1.82) is 0 Å². The average molecular weight is 407 g/mol. The Morgan fingerprint density at radius 2 is 2.00 bits per heavy atom. The molecule has 0 heterocycles. The number of halogens is 1. The number of nitrogens with one attached hydrogen (secondary N) is 3. The van der Waals surface area contributed by atoms with Crippen molar-refractivity contribution in [2.45, 2.75) is 25.8 Å². The number of hydrogen-bond acceptors (Lipinski definition) is 4. The molecule has 0 aromatic heterocycles. The van der Waals surface area contributed by atoms with Crippen LogP contribution < -0.4 is 16.0 Å². The van der Waals surface area contributed by atoms with Gasteiger partial charge >= 0.3 is 14.3 Å². The lowest BCUT2D eigenvalue weighted by molar-refractivity contribution is -0.123. The van der Waals surface area contributed by atoms with E-state index < -0.39 is 33.0 Å². The van der Waals surface area contributed by atoms with E-state index in [0.29, 0.717) is 18.5 Å². The van der Waals surface area contributed by atoms with E-state index in [1.54, 1.807) is 24.3 Å². The van der Waals surface area contributed by atoms with Crippen LogP contribution in [0.3, 0.4) is 0 Å². The molecule has 0 aliphatic heterocycles. The lowest BCUT2D eigenvalue weighted by Crippen LogP contribution is -2.48. The third kappa shape index (κ3) is 8.03. The summed E-state index contributed by atoms with van der Waals surface area (Å²) in [4.78, 5) is 32.4. The van der Waals surface area contributed by atoms with Crippen molar-refractivity contribution < 1.29 is 23.6 Å². The molecule has 1 rings (SSSR count). The van der Waals surface area contributed by atoms with Gasteiger partial charge in [-0.25, -0.2) is 4.79 Å². The molecule has 0 fully saturated rings. The summed E-state index contributed by atoms with van der Waals surface area (Å²) in [6, 6.07) is 5.69. The van der Waals surface area contributed by atoms with Gasteiger partial charge in [0.05, 0.1) is 0 Å². The number of anilines is 1. The Labute approximate surface area is 143 Å². The first-order chi connectivity index (χ1) is 10.9. The summed E-state index contributed by atoms with van der Waals surface area (Å²) in [5.74, 6) is -0.491. The van der Waals surface area contributed by atoms with Gasteiger partial charge in [-0.3, -0.25) is 4.79 Å². The summed E-state index contributed by atoms with van der Waals surface area (Å²) in [6.07, 6.45) is 1.09. The first-order valence-corrected chi connectivity index (χ1v) is 8.74. The van der Waals surface area contributed by atoms with E-state index in [2.05, 4.69) is 36.4 Å². The largest absolute Gasteiger partial charge is 0.696 e. The van der Waals surface area contributed by atoms with Gasteiger partial charge in [0.25, 0.3) is 0 Å². The van der Waals surface area contributed by atoms with Crippen LogP contribution in [0, 0.1) is 0 Å². The molecular formula is C13H18BrN3O5P+. The Morgan fingerprint density at radius 1 is 1.35 bits per heavy atom. The van der Waals surface area contributed by atoms with Crippen molar-refractivity contribution >= 4 is 41.8 Å². The monoisotopic (exact) mass is 406 g/mol. The maximum atomic E-state index is 11.9. The second kappa shape index (κ2) is 10.3. The molecule has 0 spiro atoms. The van der Waals surface area contributed by atoms with E-state index in [-0.39, 0.29) is 0 Å². The van der Waals surface area contributed by atoms with Gasteiger partial charge in [-0.15, -0.1) is 4.89 Å². The maximum absolute atomic E-state index is 11.9. The minimum absolute atomic E-state index is 0.402. The van der Waals surface area contributed by atoms with Crippen LogP contribution in [-0.4, -0.2) is 29.6 Å². The molecular weight excluding hydrogens is 389 g/mol. The smallest absolute Gasteiger partial charge is 0.327 e. The van der Waals surface area contributed by atoms with Crippen molar-refractivity contribution in [3.8, 4) is 0 Å². The van der Waals surface area contributed by atoms with Crippen molar-refractivity contribution in [1.82, 2.24) is 10.6 Å². The number of carbonyl (C=O) groups is 2. The molecule has 2 atom stereocenters. The first kappa shape index (κ1) is 19.5. The summed E-state index contributed by atoms with van der Waals surface area (Å²) in [7, 11) is -2.78. The molecule has 23 heavy (non-hydrogen) atoms. The van der Waals surface area contributed by atoms with Gasteiger partial charge in [0.1, 0.15) is 6.04 Å².